The van der Waals surface area contributed by atoms with E-state index in [2.05, 4.69) is 46.8 Å². The highest BCUT2D eigenvalue weighted by Crippen LogP contribution is 2.31. The molecule has 0 amide bonds. The molecule has 0 aliphatic carbocycles. The van der Waals surface area contributed by atoms with Gasteiger partial charge in [-0.15, -0.1) is 0 Å². The Kier molecular flexibility index (Phi) is 3.61. The zero-order valence-electron chi connectivity index (χ0n) is 17.2. The highest BCUT2D eigenvalue weighted by atomic mass is 15.1. The Morgan fingerprint density at radius 3 is 2.71 bits per heavy atom. The molecule has 0 atom stereocenters. The smallest absolute Gasteiger partial charge is 0.161 e. The average Bonchev–Trinajstić information content (AvgIpc) is 3.54. The lowest BCUT2D eigenvalue weighted by Crippen LogP contribution is -1.94. The molecule has 0 radical (unpaired) electrons. The van der Waals surface area contributed by atoms with E-state index in [9.17, 15) is 0 Å². The highest BCUT2D eigenvalue weighted by molar-refractivity contribution is 5.95. The Balaban J connectivity index is 1.52. The molecule has 0 unspecified atom stereocenters. The molecule has 0 aliphatic rings. The minimum absolute atomic E-state index is 0.663. The van der Waals surface area contributed by atoms with E-state index in [1.54, 1.807) is 12.5 Å². The number of aromatic amines is 2. The third-order valence-corrected chi connectivity index (χ3v) is 5.66. The van der Waals surface area contributed by atoms with Gasteiger partial charge in [-0.05, 0) is 32.0 Å². The lowest BCUT2D eigenvalue weighted by Gasteiger charge is -2.04. The number of nitrogens with zero attached hydrogens (tertiary/aromatic N) is 7. The van der Waals surface area contributed by atoms with Crippen LogP contribution in [0.2, 0.25) is 0 Å². The summed E-state index contributed by atoms with van der Waals surface area (Å²) < 4.78 is 4.03. The number of aromatic nitrogens is 9. The number of benzene rings is 1. The molecular weight excluding hydrogens is 390 g/mol. The molecule has 6 aromatic rings. The molecule has 0 bridgehead atoms. The van der Waals surface area contributed by atoms with E-state index in [0.717, 1.165) is 50.6 Å². The van der Waals surface area contributed by atoms with Gasteiger partial charge < -0.3 is 14.1 Å². The third-order valence-electron chi connectivity index (χ3n) is 5.66. The molecular formula is C22H19N9. The summed E-state index contributed by atoms with van der Waals surface area (Å²) in [4.78, 5) is 21.4. The van der Waals surface area contributed by atoms with Crippen molar-refractivity contribution in [2.75, 3.05) is 0 Å². The summed E-state index contributed by atoms with van der Waals surface area (Å²) in [6.45, 7) is 3.95. The van der Waals surface area contributed by atoms with Crippen molar-refractivity contribution in [3.8, 4) is 28.5 Å². The van der Waals surface area contributed by atoms with E-state index in [4.69, 9.17) is 4.98 Å². The van der Waals surface area contributed by atoms with Crippen molar-refractivity contribution >= 4 is 22.1 Å². The van der Waals surface area contributed by atoms with Crippen molar-refractivity contribution in [2.45, 2.75) is 13.8 Å². The number of rotatable bonds is 3. The van der Waals surface area contributed by atoms with Gasteiger partial charge in [-0.25, -0.2) is 19.9 Å². The monoisotopic (exact) mass is 409 g/mol. The highest BCUT2D eigenvalue weighted by Gasteiger charge is 2.17. The number of aryl methyl sites for hydroxylation is 2. The summed E-state index contributed by atoms with van der Waals surface area (Å²) in [5.41, 5.74) is 7.14. The minimum atomic E-state index is 0.663. The van der Waals surface area contributed by atoms with Crippen molar-refractivity contribution in [3.05, 3.63) is 60.7 Å². The first-order valence-electron chi connectivity index (χ1n) is 9.91. The van der Waals surface area contributed by atoms with E-state index < -0.39 is 0 Å². The van der Waals surface area contributed by atoms with Crippen LogP contribution < -0.4 is 0 Å². The fourth-order valence-corrected chi connectivity index (χ4v) is 3.89. The number of fused-ring (bicyclic) bond motifs is 2. The summed E-state index contributed by atoms with van der Waals surface area (Å²) >= 11 is 0. The predicted octanol–water partition coefficient (Wildman–Crippen LogP) is 3.70. The summed E-state index contributed by atoms with van der Waals surface area (Å²) in [5, 5.41) is 8.63. The Bertz CT molecular complexity index is 1580. The van der Waals surface area contributed by atoms with Gasteiger partial charge in [0.2, 0.25) is 0 Å². The molecule has 152 valence electrons. The van der Waals surface area contributed by atoms with Crippen molar-refractivity contribution in [3.63, 3.8) is 0 Å². The molecule has 9 heteroatoms. The molecule has 9 nitrogen and oxygen atoms in total. The molecule has 31 heavy (non-hydrogen) atoms. The first-order chi connectivity index (χ1) is 15.1. The summed E-state index contributed by atoms with van der Waals surface area (Å²) in [6, 6.07) is 8.15. The van der Waals surface area contributed by atoms with Crippen LogP contribution in [0.25, 0.3) is 50.5 Å². The topological polar surface area (TPSA) is 106 Å². The van der Waals surface area contributed by atoms with Gasteiger partial charge in [-0.3, -0.25) is 5.10 Å². The van der Waals surface area contributed by atoms with Gasteiger partial charge in [0.05, 0.1) is 35.1 Å². The number of nitrogens with one attached hydrogen (secondary N) is 2. The van der Waals surface area contributed by atoms with E-state index in [1.807, 2.05) is 50.0 Å². The van der Waals surface area contributed by atoms with Crippen molar-refractivity contribution in [2.24, 2.45) is 7.05 Å². The van der Waals surface area contributed by atoms with Crippen LogP contribution in [0.15, 0.2) is 49.2 Å². The van der Waals surface area contributed by atoms with E-state index in [0.29, 0.717) is 11.5 Å². The van der Waals surface area contributed by atoms with Crippen molar-refractivity contribution in [1.82, 2.24) is 44.3 Å². The van der Waals surface area contributed by atoms with Crippen LogP contribution in [0.5, 0.6) is 0 Å². The second-order valence-corrected chi connectivity index (χ2v) is 7.62. The number of hydrogen-bond acceptors (Lipinski definition) is 5. The standard InChI is InChI=1S/C22H19N9/c1-12-10-31(11-25-12)17-6-7-23-21-20(17)26-22(27-21)19-15-8-14(4-5-16(15)28-29-19)18-9-24-13(2)30(18)3/h4-11H,1-3H3,(H,28,29)(H,23,26,27). The molecule has 2 N–H and O–H groups in total. The summed E-state index contributed by atoms with van der Waals surface area (Å²) in [5.74, 6) is 1.63. The van der Waals surface area contributed by atoms with Gasteiger partial charge in [0.15, 0.2) is 11.5 Å². The SMILES string of the molecule is Cc1cn(-c2ccnc3[nH]c(-c4n[nH]c5ccc(-c6cnc(C)n6C)cc45)nc23)cn1. The number of pyridine rings is 1. The second-order valence-electron chi connectivity index (χ2n) is 7.62. The first kappa shape index (κ1) is 17.6. The van der Waals surface area contributed by atoms with Crippen molar-refractivity contribution in [1.29, 1.82) is 0 Å². The maximum atomic E-state index is 4.85. The normalized spacial score (nSPS) is 11.7. The molecule has 6 rings (SSSR count). The maximum absolute atomic E-state index is 4.85. The van der Waals surface area contributed by atoms with Gasteiger partial charge in [0, 0.05) is 30.4 Å². The fourth-order valence-electron chi connectivity index (χ4n) is 3.89. The zero-order chi connectivity index (χ0) is 21.1. The van der Waals surface area contributed by atoms with Crippen LogP contribution in [0.3, 0.4) is 0 Å². The van der Waals surface area contributed by atoms with Crippen LogP contribution >= 0.6 is 0 Å². The van der Waals surface area contributed by atoms with Gasteiger partial charge in [-0.1, -0.05) is 6.07 Å². The largest absolute Gasteiger partial charge is 0.331 e. The Morgan fingerprint density at radius 1 is 1.03 bits per heavy atom. The lowest BCUT2D eigenvalue weighted by molar-refractivity contribution is 0.865. The van der Waals surface area contributed by atoms with E-state index in [-0.39, 0.29) is 0 Å². The molecule has 0 saturated carbocycles. The number of hydrogen-bond donors (Lipinski definition) is 2. The maximum Gasteiger partial charge on any atom is 0.161 e. The van der Waals surface area contributed by atoms with E-state index >= 15 is 0 Å². The predicted molar refractivity (Wildman–Crippen MR) is 118 cm³/mol. The van der Waals surface area contributed by atoms with Gasteiger partial charge in [0.1, 0.15) is 17.0 Å². The number of H-pyrrole nitrogens is 2. The quantitative estimate of drug-likeness (QED) is 0.464. The van der Waals surface area contributed by atoms with Crippen molar-refractivity contribution < 1.29 is 0 Å². The van der Waals surface area contributed by atoms with Gasteiger partial charge >= 0.3 is 0 Å². The molecule has 0 spiro atoms. The third kappa shape index (κ3) is 2.67. The molecule has 0 fully saturated rings. The summed E-state index contributed by atoms with van der Waals surface area (Å²) in [6.07, 6.45) is 7.40. The van der Waals surface area contributed by atoms with Crippen LogP contribution in [-0.4, -0.2) is 44.3 Å². The van der Waals surface area contributed by atoms with Gasteiger partial charge in [-0.2, -0.15) is 5.10 Å². The summed E-state index contributed by atoms with van der Waals surface area (Å²) in [7, 11) is 2.02. The Labute approximate surface area is 176 Å². The van der Waals surface area contributed by atoms with E-state index in [1.165, 1.54) is 0 Å². The second kappa shape index (κ2) is 6.36. The Morgan fingerprint density at radius 2 is 1.94 bits per heavy atom. The Hall–Kier alpha value is -4.27. The first-order valence-corrected chi connectivity index (χ1v) is 9.91. The lowest BCUT2D eigenvalue weighted by atomic mass is 10.1. The molecule has 0 saturated heterocycles. The van der Waals surface area contributed by atoms with Gasteiger partial charge in [0.25, 0.3) is 0 Å². The number of imidazole rings is 3. The molecule has 5 aromatic heterocycles. The zero-order valence-corrected chi connectivity index (χ0v) is 17.2. The molecule has 0 aliphatic heterocycles. The van der Waals surface area contributed by atoms with Crippen LogP contribution in [0, 0.1) is 13.8 Å². The average molecular weight is 409 g/mol. The molecule has 5 heterocycles. The molecule has 1 aromatic carbocycles. The van der Waals surface area contributed by atoms with Crippen LogP contribution in [-0.2, 0) is 7.05 Å². The minimum Gasteiger partial charge on any atom is -0.331 e. The van der Waals surface area contributed by atoms with Crippen LogP contribution in [0.4, 0.5) is 0 Å². The fraction of sp³-hybridized carbons (Fsp3) is 0.136. The van der Waals surface area contributed by atoms with Crippen LogP contribution in [0.1, 0.15) is 11.5 Å².